The molecule has 0 aliphatic heterocycles. The standard InChI is InChI=1S/C11H13FN2/c1-11(2,7-14)9-3-4-10(12)8(5-9)6-13/h3-5H,7,14H2,1-2H3. The van der Waals surface area contributed by atoms with E-state index in [0.717, 1.165) is 5.56 Å². The van der Waals surface area contributed by atoms with Crippen molar-refractivity contribution in [1.82, 2.24) is 0 Å². The van der Waals surface area contributed by atoms with Crippen molar-refractivity contribution in [1.29, 1.82) is 5.26 Å². The molecule has 1 aromatic rings. The van der Waals surface area contributed by atoms with Crippen LogP contribution in [0.15, 0.2) is 18.2 Å². The Balaban J connectivity index is 3.21. The average Bonchev–Trinajstić information content (AvgIpc) is 2.18. The Morgan fingerprint density at radius 2 is 2.14 bits per heavy atom. The summed E-state index contributed by atoms with van der Waals surface area (Å²) in [6.07, 6.45) is 0. The number of hydrogen-bond acceptors (Lipinski definition) is 2. The summed E-state index contributed by atoms with van der Waals surface area (Å²) >= 11 is 0. The van der Waals surface area contributed by atoms with Crippen molar-refractivity contribution in [3.63, 3.8) is 0 Å². The third-order valence-electron chi connectivity index (χ3n) is 2.38. The average molecular weight is 192 g/mol. The zero-order chi connectivity index (χ0) is 10.8. The molecule has 2 N–H and O–H groups in total. The van der Waals surface area contributed by atoms with Gasteiger partial charge in [-0.15, -0.1) is 0 Å². The third kappa shape index (κ3) is 1.91. The molecule has 0 fully saturated rings. The number of rotatable bonds is 2. The van der Waals surface area contributed by atoms with Gasteiger partial charge >= 0.3 is 0 Å². The monoisotopic (exact) mass is 192 g/mol. The summed E-state index contributed by atoms with van der Waals surface area (Å²) in [5.41, 5.74) is 6.33. The molecule has 3 heteroatoms. The summed E-state index contributed by atoms with van der Waals surface area (Å²) in [5.74, 6) is -0.482. The van der Waals surface area contributed by atoms with Crippen molar-refractivity contribution < 1.29 is 4.39 Å². The molecule has 74 valence electrons. The summed E-state index contributed by atoms with van der Waals surface area (Å²) < 4.78 is 13.0. The first-order valence-electron chi connectivity index (χ1n) is 4.41. The van der Waals surface area contributed by atoms with Crippen LogP contribution in [0.3, 0.4) is 0 Å². The lowest BCUT2D eigenvalue weighted by Gasteiger charge is -2.23. The van der Waals surface area contributed by atoms with Crippen molar-refractivity contribution in [3.05, 3.63) is 35.1 Å². The van der Waals surface area contributed by atoms with Gasteiger partial charge in [-0.25, -0.2) is 4.39 Å². The van der Waals surface area contributed by atoms with Crippen molar-refractivity contribution in [2.24, 2.45) is 5.73 Å². The van der Waals surface area contributed by atoms with Crippen LogP contribution in [-0.4, -0.2) is 6.54 Å². The van der Waals surface area contributed by atoms with Crippen LogP contribution < -0.4 is 5.73 Å². The molecule has 0 aliphatic rings. The molecule has 2 nitrogen and oxygen atoms in total. The van der Waals surface area contributed by atoms with Crippen molar-refractivity contribution >= 4 is 0 Å². The normalized spacial score (nSPS) is 11.1. The number of halogens is 1. The highest BCUT2D eigenvalue weighted by Crippen LogP contribution is 2.23. The number of nitriles is 1. The molecule has 0 spiro atoms. The fourth-order valence-electron chi connectivity index (χ4n) is 1.15. The molecule has 0 saturated heterocycles. The number of nitrogens with zero attached hydrogens (tertiary/aromatic N) is 1. The number of benzene rings is 1. The van der Waals surface area contributed by atoms with Crippen LogP contribution in [0.4, 0.5) is 4.39 Å². The summed E-state index contributed by atoms with van der Waals surface area (Å²) in [6.45, 7) is 4.38. The molecular formula is C11H13FN2. The van der Waals surface area contributed by atoms with Gasteiger partial charge in [0.1, 0.15) is 11.9 Å². The van der Waals surface area contributed by atoms with Crippen LogP contribution in [-0.2, 0) is 5.41 Å². The number of nitrogens with two attached hydrogens (primary N) is 1. The Bertz CT molecular complexity index is 377. The van der Waals surface area contributed by atoms with Crippen molar-refractivity contribution in [2.75, 3.05) is 6.54 Å². The summed E-state index contributed by atoms with van der Waals surface area (Å²) in [6, 6.07) is 6.35. The molecule has 14 heavy (non-hydrogen) atoms. The van der Waals surface area contributed by atoms with Gasteiger partial charge in [0.15, 0.2) is 0 Å². The number of hydrogen-bond donors (Lipinski definition) is 1. The van der Waals surface area contributed by atoms with E-state index in [2.05, 4.69) is 0 Å². The van der Waals surface area contributed by atoms with E-state index in [4.69, 9.17) is 11.0 Å². The van der Waals surface area contributed by atoms with E-state index in [1.807, 2.05) is 19.9 Å². The highest BCUT2D eigenvalue weighted by molar-refractivity contribution is 5.37. The molecule has 0 atom stereocenters. The lowest BCUT2D eigenvalue weighted by molar-refractivity contribution is 0.535. The van der Waals surface area contributed by atoms with E-state index < -0.39 is 5.82 Å². The Morgan fingerprint density at radius 3 is 2.64 bits per heavy atom. The predicted molar refractivity (Wildman–Crippen MR) is 53.2 cm³/mol. The SMILES string of the molecule is CC(C)(CN)c1ccc(F)c(C#N)c1. The molecular weight excluding hydrogens is 179 g/mol. The van der Waals surface area contributed by atoms with Gasteiger partial charge in [-0.1, -0.05) is 19.9 Å². The molecule has 0 unspecified atom stereocenters. The van der Waals surface area contributed by atoms with Gasteiger partial charge in [0.2, 0.25) is 0 Å². The maximum absolute atomic E-state index is 13.0. The molecule has 0 aromatic heterocycles. The molecule has 0 amide bonds. The van der Waals surface area contributed by atoms with Crippen LogP contribution in [0.5, 0.6) is 0 Å². The van der Waals surface area contributed by atoms with Gasteiger partial charge in [0.05, 0.1) is 5.56 Å². The molecule has 1 rings (SSSR count). The maximum atomic E-state index is 13.0. The summed E-state index contributed by atoms with van der Waals surface area (Å²) in [5, 5.41) is 8.66. The first kappa shape index (κ1) is 10.7. The zero-order valence-corrected chi connectivity index (χ0v) is 8.34. The lowest BCUT2D eigenvalue weighted by atomic mass is 9.84. The largest absolute Gasteiger partial charge is 0.330 e. The fourth-order valence-corrected chi connectivity index (χ4v) is 1.15. The van der Waals surface area contributed by atoms with Crippen LogP contribution >= 0.6 is 0 Å². The van der Waals surface area contributed by atoms with Crippen LogP contribution in [0, 0.1) is 17.1 Å². The quantitative estimate of drug-likeness (QED) is 0.778. The fraction of sp³-hybridized carbons (Fsp3) is 0.364. The predicted octanol–water partition coefficient (Wildman–Crippen LogP) is 1.93. The highest BCUT2D eigenvalue weighted by atomic mass is 19.1. The van der Waals surface area contributed by atoms with Gasteiger partial charge in [-0.05, 0) is 17.7 Å². The first-order chi connectivity index (χ1) is 6.51. The van der Waals surface area contributed by atoms with Crippen molar-refractivity contribution in [2.45, 2.75) is 19.3 Å². The van der Waals surface area contributed by atoms with Crippen molar-refractivity contribution in [3.8, 4) is 6.07 Å². The van der Waals surface area contributed by atoms with E-state index in [1.165, 1.54) is 6.07 Å². The Hall–Kier alpha value is -1.40. The van der Waals surface area contributed by atoms with E-state index in [1.54, 1.807) is 12.1 Å². The Morgan fingerprint density at radius 1 is 1.50 bits per heavy atom. The second kappa shape index (κ2) is 3.77. The second-order valence-corrected chi connectivity index (χ2v) is 3.89. The molecule has 0 aliphatic carbocycles. The Kier molecular flexibility index (Phi) is 2.87. The van der Waals surface area contributed by atoms with E-state index in [9.17, 15) is 4.39 Å². The lowest BCUT2D eigenvalue weighted by Crippen LogP contribution is -2.28. The van der Waals surface area contributed by atoms with Gasteiger partial charge < -0.3 is 5.73 Å². The maximum Gasteiger partial charge on any atom is 0.140 e. The molecule has 0 heterocycles. The van der Waals surface area contributed by atoms with Gasteiger partial charge in [0.25, 0.3) is 0 Å². The van der Waals surface area contributed by atoms with E-state index in [0.29, 0.717) is 6.54 Å². The van der Waals surface area contributed by atoms with Crippen LogP contribution in [0.1, 0.15) is 25.0 Å². The smallest absolute Gasteiger partial charge is 0.140 e. The zero-order valence-electron chi connectivity index (χ0n) is 8.34. The summed E-state index contributed by atoms with van der Waals surface area (Å²) in [4.78, 5) is 0. The third-order valence-corrected chi connectivity index (χ3v) is 2.38. The molecule has 0 saturated carbocycles. The second-order valence-electron chi connectivity index (χ2n) is 3.89. The van der Waals surface area contributed by atoms with Gasteiger partial charge in [0, 0.05) is 12.0 Å². The summed E-state index contributed by atoms with van der Waals surface area (Å²) in [7, 11) is 0. The molecule has 0 radical (unpaired) electrons. The minimum Gasteiger partial charge on any atom is -0.330 e. The minimum atomic E-state index is -0.482. The molecule has 0 bridgehead atoms. The van der Waals surface area contributed by atoms with E-state index in [-0.39, 0.29) is 11.0 Å². The Labute approximate surface area is 83.2 Å². The van der Waals surface area contributed by atoms with Gasteiger partial charge in [-0.3, -0.25) is 0 Å². The minimum absolute atomic E-state index is 0.0732. The highest BCUT2D eigenvalue weighted by Gasteiger charge is 2.19. The van der Waals surface area contributed by atoms with Crippen LogP contribution in [0.25, 0.3) is 0 Å². The topological polar surface area (TPSA) is 49.8 Å². The van der Waals surface area contributed by atoms with Gasteiger partial charge in [-0.2, -0.15) is 5.26 Å². The molecule has 1 aromatic carbocycles. The first-order valence-corrected chi connectivity index (χ1v) is 4.41. The van der Waals surface area contributed by atoms with Crippen LogP contribution in [0.2, 0.25) is 0 Å². The van der Waals surface area contributed by atoms with E-state index >= 15 is 0 Å².